The Kier molecular flexibility index (Phi) is 4.75. The first-order valence-corrected chi connectivity index (χ1v) is 7.67. The molecule has 1 amide bonds. The number of nitrogens with two attached hydrogens (primary N) is 1. The third kappa shape index (κ3) is 3.49. The van der Waals surface area contributed by atoms with E-state index in [1.165, 1.54) is 4.90 Å². The molecule has 2 aromatic carbocycles. The number of hydrogen-bond acceptors (Lipinski definition) is 4. The van der Waals surface area contributed by atoms with Gasteiger partial charge in [-0.3, -0.25) is 4.79 Å². The molecule has 0 saturated carbocycles. The Labute approximate surface area is 128 Å². The summed E-state index contributed by atoms with van der Waals surface area (Å²) in [5, 5.41) is 0. The zero-order valence-corrected chi connectivity index (χ0v) is 13.1. The molecule has 4 nitrogen and oxygen atoms in total. The van der Waals surface area contributed by atoms with Crippen molar-refractivity contribution < 1.29 is 9.53 Å². The van der Waals surface area contributed by atoms with Crippen LogP contribution in [0.15, 0.2) is 47.4 Å². The van der Waals surface area contributed by atoms with Gasteiger partial charge in [0.25, 0.3) is 5.91 Å². The fourth-order valence-corrected chi connectivity index (χ4v) is 2.38. The average molecular weight is 302 g/mol. The molecule has 0 radical (unpaired) electrons. The maximum absolute atomic E-state index is 11.9. The SMILES string of the molecule is CSc1ccccc1Oc1ccc(C(=O)N(C)C)cc1N. The van der Waals surface area contributed by atoms with Crippen LogP contribution >= 0.6 is 11.8 Å². The van der Waals surface area contributed by atoms with Crippen molar-refractivity contribution in [2.45, 2.75) is 4.90 Å². The van der Waals surface area contributed by atoms with Gasteiger partial charge in [0.05, 0.1) is 5.69 Å². The molecule has 110 valence electrons. The van der Waals surface area contributed by atoms with Gasteiger partial charge in [-0.15, -0.1) is 11.8 Å². The fraction of sp³-hybridized carbons (Fsp3) is 0.188. The lowest BCUT2D eigenvalue weighted by molar-refractivity contribution is 0.0827. The molecule has 2 rings (SSSR count). The first-order valence-electron chi connectivity index (χ1n) is 6.45. The Bertz CT molecular complexity index is 656. The first kappa shape index (κ1) is 15.3. The van der Waals surface area contributed by atoms with Crippen molar-refractivity contribution in [3.63, 3.8) is 0 Å². The highest BCUT2D eigenvalue weighted by Crippen LogP contribution is 2.34. The lowest BCUT2D eigenvalue weighted by atomic mass is 10.1. The smallest absolute Gasteiger partial charge is 0.253 e. The number of anilines is 1. The van der Waals surface area contributed by atoms with E-state index in [1.54, 1.807) is 44.1 Å². The van der Waals surface area contributed by atoms with Crippen molar-refractivity contribution in [3.05, 3.63) is 48.0 Å². The van der Waals surface area contributed by atoms with E-state index in [0.29, 0.717) is 17.0 Å². The van der Waals surface area contributed by atoms with Gasteiger partial charge in [-0.1, -0.05) is 12.1 Å². The zero-order chi connectivity index (χ0) is 15.4. The van der Waals surface area contributed by atoms with E-state index < -0.39 is 0 Å². The molecular formula is C16H18N2O2S. The van der Waals surface area contributed by atoms with Gasteiger partial charge < -0.3 is 15.4 Å². The average Bonchev–Trinajstić information content (AvgIpc) is 2.49. The molecule has 0 spiro atoms. The minimum atomic E-state index is -0.0854. The van der Waals surface area contributed by atoms with Crippen LogP contribution < -0.4 is 10.5 Å². The van der Waals surface area contributed by atoms with Crippen molar-refractivity contribution in [3.8, 4) is 11.5 Å². The van der Waals surface area contributed by atoms with Crippen LogP contribution in [0.5, 0.6) is 11.5 Å². The quantitative estimate of drug-likeness (QED) is 0.694. The van der Waals surface area contributed by atoms with Crippen LogP contribution in [0.4, 0.5) is 5.69 Å². The number of thioether (sulfide) groups is 1. The van der Waals surface area contributed by atoms with Gasteiger partial charge >= 0.3 is 0 Å². The lowest BCUT2D eigenvalue weighted by Gasteiger charge is -2.14. The van der Waals surface area contributed by atoms with E-state index in [0.717, 1.165) is 10.6 Å². The molecule has 21 heavy (non-hydrogen) atoms. The molecule has 0 aromatic heterocycles. The Hall–Kier alpha value is -2.14. The van der Waals surface area contributed by atoms with Gasteiger partial charge in [-0.05, 0) is 36.6 Å². The minimum absolute atomic E-state index is 0.0854. The summed E-state index contributed by atoms with van der Waals surface area (Å²) in [6.07, 6.45) is 1.99. The van der Waals surface area contributed by atoms with E-state index in [9.17, 15) is 4.79 Å². The monoisotopic (exact) mass is 302 g/mol. The van der Waals surface area contributed by atoms with Crippen LogP contribution in [0.2, 0.25) is 0 Å². The standard InChI is InChI=1S/C16H18N2O2S/c1-18(2)16(19)11-8-9-13(12(17)10-11)20-14-6-4-5-7-15(14)21-3/h4-10H,17H2,1-3H3. The molecular weight excluding hydrogens is 284 g/mol. The first-order chi connectivity index (χ1) is 10.0. The van der Waals surface area contributed by atoms with Crippen LogP contribution in [0.1, 0.15) is 10.4 Å². The highest BCUT2D eigenvalue weighted by molar-refractivity contribution is 7.98. The summed E-state index contributed by atoms with van der Waals surface area (Å²) >= 11 is 1.61. The number of rotatable bonds is 4. The molecule has 2 N–H and O–H groups in total. The van der Waals surface area contributed by atoms with Gasteiger partial charge in [-0.2, -0.15) is 0 Å². The predicted molar refractivity (Wildman–Crippen MR) is 87.2 cm³/mol. The van der Waals surface area contributed by atoms with Crippen LogP contribution in [0.25, 0.3) is 0 Å². The highest BCUT2D eigenvalue weighted by Gasteiger charge is 2.12. The molecule has 0 fully saturated rings. The van der Waals surface area contributed by atoms with Crippen molar-refractivity contribution in [2.24, 2.45) is 0 Å². The summed E-state index contributed by atoms with van der Waals surface area (Å²) in [4.78, 5) is 14.4. The van der Waals surface area contributed by atoms with Gasteiger partial charge in [0.1, 0.15) is 11.5 Å². The van der Waals surface area contributed by atoms with Gasteiger partial charge in [0.15, 0.2) is 0 Å². The molecule has 2 aromatic rings. The number of nitrogens with zero attached hydrogens (tertiary/aromatic N) is 1. The van der Waals surface area contributed by atoms with Gasteiger partial charge in [-0.25, -0.2) is 0 Å². The summed E-state index contributed by atoms with van der Waals surface area (Å²) in [5.74, 6) is 1.22. The van der Waals surface area contributed by atoms with E-state index in [2.05, 4.69) is 0 Å². The Morgan fingerprint density at radius 1 is 1.14 bits per heavy atom. The molecule has 0 heterocycles. The second-order valence-electron chi connectivity index (χ2n) is 4.71. The summed E-state index contributed by atoms with van der Waals surface area (Å²) in [6.45, 7) is 0. The second-order valence-corrected chi connectivity index (χ2v) is 5.55. The molecule has 0 aliphatic carbocycles. The summed E-state index contributed by atoms with van der Waals surface area (Å²) in [7, 11) is 3.41. The number of carbonyl (C=O) groups is 1. The number of hydrogen-bond donors (Lipinski definition) is 1. The maximum Gasteiger partial charge on any atom is 0.253 e. The maximum atomic E-state index is 11.9. The molecule has 5 heteroatoms. The topological polar surface area (TPSA) is 55.6 Å². The van der Waals surface area contributed by atoms with E-state index in [1.807, 2.05) is 30.5 Å². The molecule has 0 aliphatic heterocycles. The van der Waals surface area contributed by atoms with E-state index in [4.69, 9.17) is 10.5 Å². The van der Waals surface area contributed by atoms with Crippen molar-refractivity contribution in [1.29, 1.82) is 0 Å². The number of nitrogen functional groups attached to an aromatic ring is 1. The minimum Gasteiger partial charge on any atom is -0.454 e. The fourth-order valence-electron chi connectivity index (χ4n) is 1.85. The van der Waals surface area contributed by atoms with Crippen LogP contribution in [0.3, 0.4) is 0 Å². The number of amides is 1. The van der Waals surface area contributed by atoms with Crippen molar-refractivity contribution in [2.75, 3.05) is 26.1 Å². The Morgan fingerprint density at radius 3 is 2.48 bits per heavy atom. The Morgan fingerprint density at radius 2 is 1.86 bits per heavy atom. The lowest BCUT2D eigenvalue weighted by Crippen LogP contribution is -2.21. The van der Waals surface area contributed by atoms with Crippen LogP contribution in [-0.4, -0.2) is 31.2 Å². The third-order valence-electron chi connectivity index (χ3n) is 2.95. The number of para-hydroxylation sites is 1. The number of carbonyl (C=O) groups excluding carboxylic acids is 1. The van der Waals surface area contributed by atoms with Crippen molar-refractivity contribution in [1.82, 2.24) is 4.90 Å². The van der Waals surface area contributed by atoms with E-state index in [-0.39, 0.29) is 5.91 Å². The second kappa shape index (κ2) is 6.54. The summed E-state index contributed by atoms with van der Waals surface area (Å²) < 4.78 is 5.86. The summed E-state index contributed by atoms with van der Waals surface area (Å²) in [6, 6.07) is 12.8. The number of benzene rings is 2. The molecule has 0 bridgehead atoms. The third-order valence-corrected chi connectivity index (χ3v) is 3.73. The normalized spacial score (nSPS) is 10.2. The zero-order valence-electron chi connectivity index (χ0n) is 12.3. The van der Waals surface area contributed by atoms with E-state index >= 15 is 0 Å². The molecule has 0 unspecified atom stereocenters. The molecule has 0 saturated heterocycles. The number of ether oxygens (including phenoxy) is 1. The predicted octanol–water partition coefficient (Wildman–Crippen LogP) is 3.48. The Balaban J connectivity index is 2.28. The molecule has 0 aliphatic rings. The summed E-state index contributed by atoms with van der Waals surface area (Å²) in [5.41, 5.74) is 6.98. The van der Waals surface area contributed by atoms with Gasteiger partial charge in [0.2, 0.25) is 0 Å². The van der Waals surface area contributed by atoms with Crippen molar-refractivity contribution >= 4 is 23.4 Å². The van der Waals surface area contributed by atoms with Crippen LogP contribution in [-0.2, 0) is 0 Å². The molecule has 0 atom stereocenters. The highest BCUT2D eigenvalue weighted by atomic mass is 32.2. The largest absolute Gasteiger partial charge is 0.454 e. The van der Waals surface area contributed by atoms with Crippen LogP contribution in [0, 0.1) is 0 Å². The van der Waals surface area contributed by atoms with Gasteiger partial charge in [0, 0.05) is 24.6 Å².